The molecule has 1 aliphatic heterocycles. The van der Waals surface area contributed by atoms with Crippen molar-refractivity contribution >= 4 is 40.7 Å². The van der Waals surface area contributed by atoms with Crippen LogP contribution in [0, 0.1) is 20.8 Å². The van der Waals surface area contributed by atoms with Gasteiger partial charge in [0.1, 0.15) is 5.82 Å². The molecule has 6 aromatic rings. The van der Waals surface area contributed by atoms with Crippen LogP contribution < -0.4 is 4.90 Å². The third-order valence-corrected chi connectivity index (χ3v) is 11.0. The predicted octanol–water partition coefficient (Wildman–Crippen LogP) is 12.9. The highest BCUT2D eigenvalue weighted by atomic mass is 32.1. The molecule has 0 amide bonds. The normalized spacial score (nSPS) is 14.1. The molecule has 0 unspecified atom stereocenters. The van der Waals surface area contributed by atoms with Gasteiger partial charge >= 0.3 is 0 Å². The van der Waals surface area contributed by atoms with Crippen LogP contribution in [0.3, 0.4) is 0 Å². The van der Waals surface area contributed by atoms with Crippen LogP contribution in [-0.2, 0) is 16.2 Å². The van der Waals surface area contributed by atoms with Crippen LogP contribution in [0.4, 0.5) is 17.2 Å². The number of pyridine rings is 2. The summed E-state index contributed by atoms with van der Waals surface area (Å²) in [4.78, 5) is 13.7. The quantitative estimate of drug-likeness (QED) is 0.189. The van der Waals surface area contributed by atoms with Crippen molar-refractivity contribution in [3.63, 3.8) is 0 Å². The van der Waals surface area contributed by atoms with Crippen molar-refractivity contribution < 1.29 is 0 Å². The Morgan fingerprint density at radius 3 is 2.06 bits per heavy atom. The van der Waals surface area contributed by atoms with Gasteiger partial charge in [0.25, 0.3) is 0 Å². The molecule has 50 heavy (non-hydrogen) atoms. The number of rotatable bonds is 3. The van der Waals surface area contributed by atoms with Crippen molar-refractivity contribution in [3.05, 3.63) is 130 Å². The van der Waals surface area contributed by atoms with Gasteiger partial charge in [-0.15, -0.1) is 12.6 Å². The Labute approximate surface area is 304 Å². The predicted molar refractivity (Wildman–Crippen MR) is 216 cm³/mol. The van der Waals surface area contributed by atoms with Crippen LogP contribution in [0.25, 0.3) is 33.3 Å². The van der Waals surface area contributed by atoms with Gasteiger partial charge in [-0.1, -0.05) is 103 Å². The number of aryl methyl sites for hydroxylation is 3. The van der Waals surface area contributed by atoms with Crippen molar-refractivity contribution in [2.75, 3.05) is 4.90 Å². The molecule has 0 radical (unpaired) electrons. The van der Waals surface area contributed by atoms with E-state index in [2.05, 4.69) is 166 Å². The minimum atomic E-state index is -0.196. The summed E-state index contributed by atoms with van der Waals surface area (Å²) in [7, 11) is 0. The first-order chi connectivity index (χ1) is 23.5. The van der Waals surface area contributed by atoms with Crippen molar-refractivity contribution in [3.8, 4) is 22.4 Å². The summed E-state index contributed by atoms with van der Waals surface area (Å²) in [5.74, 6) is 0.922. The minimum Gasteiger partial charge on any atom is -0.294 e. The molecule has 4 heteroatoms. The van der Waals surface area contributed by atoms with E-state index in [1.165, 1.54) is 50.1 Å². The van der Waals surface area contributed by atoms with E-state index in [4.69, 9.17) is 22.6 Å². The van der Waals surface area contributed by atoms with Crippen LogP contribution in [0.15, 0.2) is 96.0 Å². The fourth-order valence-electron chi connectivity index (χ4n) is 7.95. The van der Waals surface area contributed by atoms with Crippen LogP contribution in [0.5, 0.6) is 0 Å². The van der Waals surface area contributed by atoms with Gasteiger partial charge in [-0.3, -0.25) is 4.90 Å². The molecule has 1 aliphatic rings. The number of aromatic nitrogens is 2. The molecule has 3 heterocycles. The van der Waals surface area contributed by atoms with E-state index in [1.807, 2.05) is 6.20 Å². The molecule has 0 atom stereocenters. The molecular weight excluding hydrogens is 627 g/mol. The second-order valence-electron chi connectivity index (χ2n) is 16.8. The lowest BCUT2D eigenvalue weighted by Gasteiger charge is -2.42. The molecule has 0 spiro atoms. The van der Waals surface area contributed by atoms with E-state index in [-0.39, 0.29) is 16.2 Å². The standard InChI is InChI=1S/C46H49N3S/c1-27-22-28(2)41(29(3)23-27)33-26-36(45(7,8)9)43(50)42-32(33)17-19-37(48-42)30-16-18-35-39(24-30)49(38-15-13-12-14-34(38)46(35,10)11)40-25-31(20-21-47-40)44(4,5)6/h12-26,50H,1-11H3. The third-order valence-electron chi connectivity index (χ3n) is 10.6. The minimum absolute atomic E-state index is 0.00303. The van der Waals surface area contributed by atoms with Crippen LogP contribution >= 0.6 is 12.6 Å². The molecule has 0 bridgehead atoms. The number of anilines is 3. The third kappa shape index (κ3) is 5.62. The Balaban J connectivity index is 1.46. The number of nitrogens with zero attached hydrogens (tertiary/aromatic N) is 3. The lowest BCUT2D eigenvalue weighted by atomic mass is 9.73. The maximum absolute atomic E-state index is 5.45. The molecule has 0 N–H and O–H groups in total. The molecule has 4 aromatic carbocycles. The van der Waals surface area contributed by atoms with Gasteiger partial charge in [0.2, 0.25) is 0 Å². The van der Waals surface area contributed by atoms with Gasteiger partial charge < -0.3 is 0 Å². The summed E-state index contributed by atoms with van der Waals surface area (Å²) in [6, 6.07) is 31.3. The Bertz CT molecular complexity index is 2290. The Hall–Kier alpha value is -4.41. The lowest BCUT2D eigenvalue weighted by Crippen LogP contribution is -2.31. The fourth-order valence-corrected chi connectivity index (χ4v) is 8.52. The number of para-hydroxylation sites is 1. The van der Waals surface area contributed by atoms with Crippen LogP contribution in [-0.4, -0.2) is 9.97 Å². The van der Waals surface area contributed by atoms with Gasteiger partial charge in [0, 0.05) is 27.5 Å². The van der Waals surface area contributed by atoms with E-state index in [0.717, 1.165) is 44.2 Å². The summed E-state index contributed by atoms with van der Waals surface area (Å²) in [5, 5.41) is 1.12. The monoisotopic (exact) mass is 675 g/mol. The molecule has 0 aliphatic carbocycles. The zero-order chi connectivity index (χ0) is 35.9. The highest BCUT2D eigenvalue weighted by Gasteiger charge is 2.37. The van der Waals surface area contributed by atoms with E-state index >= 15 is 0 Å². The maximum Gasteiger partial charge on any atom is 0.137 e. The number of fused-ring (bicyclic) bond motifs is 3. The highest BCUT2D eigenvalue weighted by molar-refractivity contribution is 7.80. The average molecular weight is 676 g/mol. The Morgan fingerprint density at radius 2 is 1.38 bits per heavy atom. The van der Waals surface area contributed by atoms with Gasteiger partial charge in [0.05, 0.1) is 22.6 Å². The zero-order valence-electron chi connectivity index (χ0n) is 31.4. The van der Waals surface area contributed by atoms with Gasteiger partial charge in [0.15, 0.2) is 0 Å². The van der Waals surface area contributed by atoms with E-state index < -0.39 is 0 Å². The molecule has 3 nitrogen and oxygen atoms in total. The van der Waals surface area contributed by atoms with E-state index in [0.29, 0.717) is 0 Å². The number of thiol groups is 1. The SMILES string of the molecule is Cc1cc(C)c(-c2cc(C(C)(C)C)c(S)c3nc(-c4ccc5c(c4)N(c4cc(C(C)(C)C)ccn4)c4ccccc4C5(C)C)ccc23)c(C)c1. The molecule has 7 rings (SSSR count). The van der Waals surface area contributed by atoms with Gasteiger partial charge in [-0.05, 0) is 119 Å². The van der Waals surface area contributed by atoms with E-state index in [1.54, 1.807) is 0 Å². The molecule has 2 aromatic heterocycles. The van der Waals surface area contributed by atoms with E-state index in [9.17, 15) is 0 Å². The number of hydrogen-bond acceptors (Lipinski definition) is 4. The van der Waals surface area contributed by atoms with Crippen LogP contribution in [0.1, 0.15) is 94.3 Å². The van der Waals surface area contributed by atoms with Gasteiger partial charge in [-0.2, -0.15) is 0 Å². The first-order valence-corrected chi connectivity index (χ1v) is 18.2. The molecular formula is C46H49N3S. The summed E-state index contributed by atoms with van der Waals surface area (Å²) in [6.07, 6.45) is 1.95. The summed E-state index contributed by atoms with van der Waals surface area (Å²) >= 11 is 5.19. The molecule has 254 valence electrons. The first kappa shape index (κ1) is 34.1. The lowest BCUT2D eigenvalue weighted by molar-refractivity contribution is 0.580. The largest absolute Gasteiger partial charge is 0.294 e. The van der Waals surface area contributed by atoms with Crippen molar-refractivity contribution in [1.82, 2.24) is 9.97 Å². The Kier molecular flexibility index (Phi) is 8.07. The molecule has 0 saturated carbocycles. The van der Waals surface area contributed by atoms with Crippen molar-refractivity contribution in [2.45, 2.75) is 97.3 Å². The maximum atomic E-state index is 5.45. The zero-order valence-corrected chi connectivity index (χ0v) is 32.3. The van der Waals surface area contributed by atoms with Crippen LogP contribution in [0.2, 0.25) is 0 Å². The van der Waals surface area contributed by atoms with Crippen molar-refractivity contribution in [1.29, 1.82) is 0 Å². The smallest absolute Gasteiger partial charge is 0.137 e. The summed E-state index contributed by atoms with van der Waals surface area (Å²) < 4.78 is 0. The highest BCUT2D eigenvalue weighted by Crippen LogP contribution is 2.52. The first-order valence-electron chi connectivity index (χ1n) is 17.7. The second kappa shape index (κ2) is 11.8. The topological polar surface area (TPSA) is 29.0 Å². The number of benzene rings is 4. The van der Waals surface area contributed by atoms with Crippen molar-refractivity contribution in [2.24, 2.45) is 0 Å². The Morgan fingerprint density at radius 1 is 0.700 bits per heavy atom. The molecule has 0 saturated heterocycles. The second-order valence-corrected chi connectivity index (χ2v) is 17.2. The average Bonchev–Trinajstić information content (AvgIpc) is 3.04. The number of hydrogen-bond donors (Lipinski definition) is 1. The summed E-state index contributed by atoms with van der Waals surface area (Å²) in [6.45, 7) is 24.8. The molecule has 0 fully saturated rings. The summed E-state index contributed by atoms with van der Waals surface area (Å²) in [5.41, 5.74) is 16.3. The fraction of sp³-hybridized carbons (Fsp3) is 0.304. The van der Waals surface area contributed by atoms with Gasteiger partial charge in [-0.25, -0.2) is 9.97 Å².